The molecule has 1 saturated heterocycles. The molecule has 1 amide bonds. The average molecular weight is 402 g/mol. The second kappa shape index (κ2) is 9.39. The molecule has 0 radical (unpaired) electrons. The molecule has 30 heavy (non-hydrogen) atoms. The van der Waals surface area contributed by atoms with Gasteiger partial charge in [0.15, 0.2) is 0 Å². The minimum absolute atomic E-state index is 0.134. The number of hydrogen-bond donors (Lipinski definition) is 0. The zero-order valence-corrected chi connectivity index (χ0v) is 17.2. The number of carbonyl (C=O) groups is 1. The van der Waals surface area contributed by atoms with E-state index in [0.717, 1.165) is 35.9 Å². The zero-order valence-electron chi connectivity index (χ0n) is 17.2. The van der Waals surface area contributed by atoms with Gasteiger partial charge in [-0.2, -0.15) is 0 Å². The van der Waals surface area contributed by atoms with Crippen LogP contribution in [-0.2, 0) is 4.79 Å². The number of anilines is 1. The highest BCUT2D eigenvalue weighted by Gasteiger charge is 2.22. The lowest BCUT2D eigenvalue weighted by Gasteiger charge is -2.35. The maximum absolute atomic E-state index is 12.5. The van der Waals surface area contributed by atoms with Crippen LogP contribution in [0, 0.1) is 6.92 Å². The van der Waals surface area contributed by atoms with Crippen LogP contribution in [-0.4, -0.2) is 53.6 Å². The second-order valence-corrected chi connectivity index (χ2v) is 7.41. The number of nitrogens with zero attached hydrogens (tertiary/aromatic N) is 4. The van der Waals surface area contributed by atoms with Crippen molar-refractivity contribution in [3.05, 3.63) is 72.6 Å². The van der Waals surface area contributed by atoms with Crippen molar-refractivity contribution in [3.63, 3.8) is 0 Å². The highest BCUT2D eigenvalue weighted by atomic mass is 16.5. The number of benzene rings is 2. The van der Waals surface area contributed by atoms with Crippen molar-refractivity contribution < 1.29 is 9.53 Å². The largest absolute Gasteiger partial charge is 0.493 e. The third kappa shape index (κ3) is 4.95. The Hall–Kier alpha value is -3.41. The Bertz CT molecular complexity index is 968. The van der Waals surface area contributed by atoms with Crippen molar-refractivity contribution in [1.29, 1.82) is 0 Å². The molecule has 0 saturated carbocycles. The molecule has 0 N–H and O–H groups in total. The van der Waals surface area contributed by atoms with Gasteiger partial charge >= 0.3 is 0 Å². The summed E-state index contributed by atoms with van der Waals surface area (Å²) in [5.41, 5.74) is 3.17. The van der Waals surface area contributed by atoms with Crippen molar-refractivity contribution in [2.75, 3.05) is 37.7 Å². The van der Waals surface area contributed by atoms with E-state index in [2.05, 4.69) is 14.9 Å². The van der Waals surface area contributed by atoms with E-state index in [1.54, 1.807) is 6.33 Å². The van der Waals surface area contributed by atoms with Crippen molar-refractivity contribution in [3.8, 4) is 17.0 Å². The fourth-order valence-corrected chi connectivity index (χ4v) is 3.52. The van der Waals surface area contributed by atoms with E-state index in [9.17, 15) is 4.79 Å². The highest BCUT2D eigenvalue weighted by molar-refractivity contribution is 5.76. The number of aryl methyl sites for hydroxylation is 1. The summed E-state index contributed by atoms with van der Waals surface area (Å²) in [5.74, 6) is 1.84. The van der Waals surface area contributed by atoms with E-state index in [-0.39, 0.29) is 5.91 Å². The molecule has 154 valence electrons. The van der Waals surface area contributed by atoms with E-state index in [1.165, 1.54) is 5.56 Å². The van der Waals surface area contributed by atoms with Gasteiger partial charge in [-0.05, 0) is 19.1 Å². The maximum Gasteiger partial charge on any atom is 0.226 e. The SMILES string of the molecule is Cc1ccc(OCCC(=O)N2CCN(c3cc(-c4ccccc4)ncn3)CC2)cc1. The summed E-state index contributed by atoms with van der Waals surface area (Å²) in [7, 11) is 0. The van der Waals surface area contributed by atoms with Crippen LogP contribution in [0.15, 0.2) is 67.0 Å². The minimum Gasteiger partial charge on any atom is -0.493 e. The Morgan fingerprint density at radius 2 is 1.70 bits per heavy atom. The molecular formula is C24H26N4O2. The van der Waals surface area contributed by atoms with Gasteiger partial charge in [-0.1, -0.05) is 48.0 Å². The molecule has 0 atom stereocenters. The quantitative estimate of drug-likeness (QED) is 0.631. The topological polar surface area (TPSA) is 58.6 Å². The van der Waals surface area contributed by atoms with Crippen molar-refractivity contribution >= 4 is 11.7 Å². The van der Waals surface area contributed by atoms with Crippen molar-refractivity contribution in [1.82, 2.24) is 14.9 Å². The molecule has 0 bridgehead atoms. The predicted octanol–water partition coefficient (Wildman–Crippen LogP) is 3.57. The number of piperazine rings is 1. The van der Waals surface area contributed by atoms with Crippen LogP contribution in [0.1, 0.15) is 12.0 Å². The van der Waals surface area contributed by atoms with Crippen LogP contribution in [0.5, 0.6) is 5.75 Å². The fraction of sp³-hybridized carbons (Fsp3) is 0.292. The van der Waals surface area contributed by atoms with E-state index >= 15 is 0 Å². The van der Waals surface area contributed by atoms with Gasteiger partial charge in [-0.3, -0.25) is 4.79 Å². The molecule has 2 aromatic carbocycles. The lowest BCUT2D eigenvalue weighted by molar-refractivity contribution is -0.132. The third-order valence-electron chi connectivity index (χ3n) is 5.28. The molecule has 6 heteroatoms. The van der Waals surface area contributed by atoms with Gasteiger partial charge in [0.1, 0.15) is 17.9 Å². The Balaban J connectivity index is 1.27. The lowest BCUT2D eigenvalue weighted by atomic mass is 10.1. The van der Waals surface area contributed by atoms with E-state index in [4.69, 9.17) is 4.74 Å². The zero-order chi connectivity index (χ0) is 20.8. The smallest absolute Gasteiger partial charge is 0.226 e. The molecule has 2 heterocycles. The monoisotopic (exact) mass is 402 g/mol. The van der Waals surface area contributed by atoms with Crippen LogP contribution in [0.25, 0.3) is 11.3 Å². The van der Waals surface area contributed by atoms with Gasteiger partial charge in [0.05, 0.1) is 18.7 Å². The van der Waals surface area contributed by atoms with Gasteiger partial charge in [0, 0.05) is 37.8 Å². The summed E-state index contributed by atoms with van der Waals surface area (Å²) in [4.78, 5) is 25.5. The Kier molecular flexibility index (Phi) is 6.23. The summed E-state index contributed by atoms with van der Waals surface area (Å²) in [6, 6.07) is 20.0. The average Bonchev–Trinajstić information content (AvgIpc) is 2.81. The number of amides is 1. The van der Waals surface area contributed by atoms with Crippen LogP contribution in [0.3, 0.4) is 0 Å². The number of carbonyl (C=O) groups excluding carboxylic acids is 1. The first-order valence-corrected chi connectivity index (χ1v) is 10.3. The molecule has 6 nitrogen and oxygen atoms in total. The summed E-state index contributed by atoms with van der Waals surface area (Å²) in [5, 5.41) is 0. The normalized spacial score (nSPS) is 13.9. The minimum atomic E-state index is 0.134. The molecule has 0 unspecified atom stereocenters. The first-order valence-electron chi connectivity index (χ1n) is 10.3. The van der Waals surface area contributed by atoms with E-state index in [0.29, 0.717) is 26.1 Å². The molecule has 0 spiro atoms. The van der Waals surface area contributed by atoms with Crippen LogP contribution < -0.4 is 9.64 Å². The Morgan fingerprint density at radius 1 is 0.967 bits per heavy atom. The van der Waals surface area contributed by atoms with E-state index < -0.39 is 0 Å². The van der Waals surface area contributed by atoms with Gasteiger partial charge in [-0.25, -0.2) is 9.97 Å². The molecule has 1 aliphatic heterocycles. The number of hydrogen-bond acceptors (Lipinski definition) is 5. The molecule has 1 aliphatic rings. The van der Waals surface area contributed by atoms with Gasteiger partial charge in [-0.15, -0.1) is 0 Å². The van der Waals surface area contributed by atoms with Crippen molar-refractivity contribution in [2.45, 2.75) is 13.3 Å². The molecular weight excluding hydrogens is 376 g/mol. The van der Waals surface area contributed by atoms with Crippen LogP contribution in [0.2, 0.25) is 0 Å². The van der Waals surface area contributed by atoms with Crippen LogP contribution in [0.4, 0.5) is 5.82 Å². The van der Waals surface area contributed by atoms with Gasteiger partial charge < -0.3 is 14.5 Å². The summed E-state index contributed by atoms with van der Waals surface area (Å²) < 4.78 is 5.69. The van der Waals surface area contributed by atoms with Crippen molar-refractivity contribution in [2.24, 2.45) is 0 Å². The molecule has 1 aromatic heterocycles. The highest BCUT2D eigenvalue weighted by Crippen LogP contribution is 2.21. The number of rotatable bonds is 6. The molecule has 4 rings (SSSR count). The lowest BCUT2D eigenvalue weighted by Crippen LogP contribution is -2.49. The standard InChI is InChI=1S/C24H26N4O2/c1-19-7-9-21(10-8-19)30-16-11-24(29)28-14-12-27(13-15-28)23-17-22(25-18-26-23)20-5-3-2-4-6-20/h2-10,17-18H,11-16H2,1H3. The molecule has 1 fully saturated rings. The van der Waals surface area contributed by atoms with Crippen LogP contribution >= 0.6 is 0 Å². The van der Waals surface area contributed by atoms with Gasteiger partial charge in [0.2, 0.25) is 5.91 Å². The summed E-state index contributed by atoms with van der Waals surface area (Å²) in [6.07, 6.45) is 2.00. The van der Waals surface area contributed by atoms with E-state index in [1.807, 2.05) is 72.5 Å². The fourth-order valence-electron chi connectivity index (χ4n) is 3.52. The predicted molar refractivity (Wildman–Crippen MR) is 118 cm³/mol. The Morgan fingerprint density at radius 3 is 2.43 bits per heavy atom. The molecule has 0 aliphatic carbocycles. The number of ether oxygens (including phenoxy) is 1. The first kappa shape index (κ1) is 19.9. The third-order valence-corrected chi connectivity index (χ3v) is 5.28. The maximum atomic E-state index is 12.5. The summed E-state index contributed by atoms with van der Waals surface area (Å²) >= 11 is 0. The Labute approximate surface area is 177 Å². The first-order chi connectivity index (χ1) is 14.7. The number of aromatic nitrogens is 2. The summed E-state index contributed by atoms with van der Waals surface area (Å²) in [6.45, 7) is 5.33. The van der Waals surface area contributed by atoms with Gasteiger partial charge in [0.25, 0.3) is 0 Å². The molecule has 3 aromatic rings. The second-order valence-electron chi connectivity index (χ2n) is 7.41.